The zero-order valence-corrected chi connectivity index (χ0v) is 13.7. The average Bonchev–Trinajstić information content (AvgIpc) is 2.93. The van der Waals surface area contributed by atoms with Crippen molar-refractivity contribution in [3.63, 3.8) is 0 Å². The highest BCUT2D eigenvalue weighted by atomic mass is 16.5. The van der Waals surface area contributed by atoms with Crippen molar-refractivity contribution in [1.82, 2.24) is 0 Å². The smallest absolute Gasteiger partial charge is 0.123 e. The van der Waals surface area contributed by atoms with Crippen LogP contribution in [0.15, 0.2) is 42.5 Å². The third-order valence-corrected chi connectivity index (χ3v) is 5.47. The Morgan fingerprint density at radius 3 is 2.74 bits per heavy atom. The summed E-state index contributed by atoms with van der Waals surface area (Å²) in [6.07, 6.45) is 5.63. The molecule has 2 heteroatoms. The molecule has 1 fully saturated rings. The van der Waals surface area contributed by atoms with Crippen LogP contribution < -0.4 is 4.74 Å². The maximum atomic E-state index is 10.3. The van der Waals surface area contributed by atoms with Crippen LogP contribution in [0.3, 0.4) is 0 Å². The van der Waals surface area contributed by atoms with Crippen LogP contribution in [0.25, 0.3) is 0 Å². The lowest BCUT2D eigenvalue weighted by molar-refractivity contribution is 0.151. The molecular formula is C21H24O2. The van der Waals surface area contributed by atoms with Crippen LogP contribution in [-0.2, 0) is 6.42 Å². The SMILES string of the molecule is CCCc1cc2c(cc1O)[C@@H]1CC[C@H](c3ccccc3)C[C@@H]1O2. The fourth-order valence-corrected chi connectivity index (χ4v) is 4.29. The monoisotopic (exact) mass is 308 g/mol. The Bertz CT molecular complexity index is 692. The van der Waals surface area contributed by atoms with E-state index in [1.54, 1.807) is 0 Å². The van der Waals surface area contributed by atoms with Crippen LogP contribution in [0.4, 0.5) is 0 Å². The molecule has 1 aliphatic heterocycles. The van der Waals surface area contributed by atoms with Crippen LogP contribution in [-0.4, -0.2) is 11.2 Å². The number of hydrogen-bond acceptors (Lipinski definition) is 2. The molecule has 0 amide bonds. The van der Waals surface area contributed by atoms with Crippen LogP contribution >= 0.6 is 0 Å². The van der Waals surface area contributed by atoms with Gasteiger partial charge in [0.15, 0.2) is 0 Å². The van der Waals surface area contributed by atoms with Crippen LogP contribution in [0.2, 0.25) is 0 Å². The van der Waals surface area contributed by atoms with E-state index in [4.69, 9.17) is 4.74 Å². The van der Waals surface area contributed by atoms with E-state index < -0.39 is 0 Å². The third kappa shape index (κ3) is 2.60. The molecule has 23 heavy (non-hydrogen) atoms. The summed E-state index contributed by atoms with van der Waals surface area (Å²) < 4.78 is 6.29. The van der Waals surface area contributed by atoms with Gasteiger partial charge in [0.2, 0.25) is 0 Å². The van der Waals surface area contributed by atoms with Crippen molar-refractivity contribution in [1.29, 1.82) is 0 Å². The quantitative estimate of drug-likeness (QED) is 0.849. The zero-order valence-electron chi connectivity index (χ0n) is 13.7. The van der Waals surface area contributed by atoms with Gasteiger partial charge in [-0.15, -0.1) is 0 Å². The Labute approximate surface area is 138 Å². The van der Waals surface area contributed by atoms with Crippen LogP contribution in [0.5, 0.6) is 11.5 Å². The maximum absolute atomic E-state index is 10.3. The summed E-state index contributed by atoms with van der Waals surface area (Å²) in [5.74, 6) is 2.50. The first-order chi connectivity index (χ1) is 11.3. The average molecular weight is 308 g/mol. The summed E-state index contributed by atoms with van der Waals surface area (Å²) in [4.78, 5) is 0. The molecule has 120 valence electrons. The number of hydrogen-bond donors (Lipinski definition) is 1. The Morgan fingerprint density at radius 2 is 1.96 bits per heavy atom. The van der Waals surface area contributed by atoms with Crippen molar-refractivity contribution in [2.45, 2.75) is 57.0 Å². The fourth-order valence-electron chi connectivity index (χ4n) is 4.29. The highest BCUT2D eigenvalue weighted by Crippen LogP contribution is 2.50. The van der Waals surface area contributed by atoms with Crippen molar-refractivity contribution in [3.8, 4) is 11.5 Å². The summed E-state index contributed by atoms with van der Waals surface area (Å²) in [5, 5.41) is 10.3. The normalized spacial score (nSPS) is 25.5. The summed E-state index contributed by atoms with van der Waals surface area (Å²) >= 11 is 0. The van der Waals surface area contributed by atoms with Gasteiger partial charge in [-0.2, -0.15) is 0 Å². The number of phenols is 1. The lowest BCUT2D eigenvalue weighted by atomic mass is 9.75. The second-order valence-electron chi connectivity index (χ2n) is 6.95. The van der Waals surface area contributed by atoms with Crippen LogP contribution in [0, 0.1) is 0 Å². The second kappa shape index (κ2) is 5.92. The fraction of sp³-hybridized carbons (Fsp3) is 0.429. The molecule has 2 aromatic rings. The number of ether oxygens (including phenoxy) is 1. The van der Waals surface area contributed by atoms with E-state index in [0.29, 0.717) is 17.6 Å². The highest BCUT2D eigenvalue weighted by molar-refractivity contribution is 5.50. The van der Waals surface area contributed by atoms with E-state index in [2.05, 4.69) is 43.3 Å². The highest BCUT2D eigenvalue weighted by Gasteiger charge is 2.40. The molecule has 2 nitrogen and oxygen atoms in total. The Hall–Kier alpha value is -1.96. The van der Waals surface area contributed by atoms with Crippen molar-refractivity contribution >= 4 is 0 Å². The van der Waals surface area contributed by atoms with Gasteiger partial charge in [0.1, 0.15) is 17.6 Å². The molecule has 2 aliphatic rings. The predicted molar refractivity (Wildman–Crippen MR) is 92.3 cm³/mol. The molecular weight excluding hydrogens is 284 g/mol. The zero-order chi connectivity index (χ0) is 15.8. The first-order valence-corrected chi connectivity index (χ1v) is 8.83. The largest absolute Gasteiger partial charge is 0.508 e. The van der Waals surface area contributed by atoms with Crippen molar-refractivity contribution in [3.05, 3.63) is 59.2 Å². The molecule has 0 spiro atoms. The summed E-state index contributed by atoms with van der Waals surface area (Å²) in [6.45, 7) is 2.14. The van der Waals surface area contributed by atoms with Gasteiger partial charge < -0.3 is 9.84 Å². The molecule has 0 bridgehead atoms. The van der Waals surface area contributed by atoms with Gasteiger partial charge in [-0.05, 0) is 54.9 Å². The van der Waals surface area contributed by atoms with Crippen LogP contribution in [0.1, 0.15) is 61.1 Å². The molecule has 2 aromatic carbocycles. The standard InChI is InChI=1S/C21H24O2/c1-2-6-16-12-21-18(13-19(16)22)17-10-9-15(11-20(17)23-21)14-7-4-3-5-8-14/h3-5,7-8,12-13,15,17,20,22H,2,6,9-11H2,1H3/t15-,17-,20-/m0/s1. The number of aromatic hydroxyl groups is 1. The van der Waals surface area contributed by atoms with Gasteiger partial charge >= 0.3 is 0 Å². The second-order valence-corrected chi connectivity index (χ2v) is 6.95. The number of benzene rings is 2. The molecule has 1 aliphatic carbocycles. The molecule has 0 radical (unpaired) electrons. The first-order valence-electron chi connectivity index (χ1n) is 8.83. The van der Waals surface area contributed by atoms with E-state index in [9.17, 15) is 5.11 Å². The van der Waals surface area contributed by atoms with E-state index in [1.165, 1.54) is 17.5 Å². The van der Waals surface area contributed by atoms with Gasteiger partial charge in [0.05, 0.1) is 0 Å². The Morgan fingerprint density at radius 1 is 1.13 bits per heavy atom. The molecule has 0 saturated heterocycles. The van der Waals surface area contributed by atoms with Crippen molar-refractivity contribution in [2.24, 2.45) is 0 Å². The van der Waals surface area contributed by atoms with Gasteiger partial charge in [-0.1, -0.05) is 43.7 Å². The molecule has 0 unspecified atom stereocenters. The summed E-state index contributed by atoms with van der Waals surface area (Å²) in [6, 6.07) is 14.8. The van der Waals surface area contributed by atoms with Crippen molar-refractivity contribution in [2.75, 3.05) is 0 Å². The lowest BCUT2D eigenvalue weighted by Crippen LogP contribution is -2.27. The minimum Gasteiger partial charge on any atom is -0.508 e. The molecule has 4 rings (SSSR count). The number of aryl methyl sites for hydroxylation is 1. The van der Waals surface area contributed by atoms with E-state index in [1.807, 2.05) is 6.07 Å². The Balaban J connectivity index is 1.57. The minimum absolute atomic E-state index is 0.264. The molecule has 1 heterocycles. The molecule has 1 saturated carbocycles. The molecule has 0 aromatic heterocycles. The number of fused-ring (bicyclic) bond motifs is 3. The van der Waals surface area contributed by atoms with Gasteiger partial charge in [0, 0.05) is 11.5 Å². The van der Waals surface area contributed by atoms with Gasteiger partial charge in [-0.25, -0.2) is 0 Å². The first kappa shape index (κ1) is 14.6. The predicted octanol–water partition coefficient (Wildman–Crippen LogP) is 5.16. The molecule has 3 atom stereocenters. The minimum atomic E-state index is 0.264. The maximum Gasteiger partial charge on any atom is 0.123 e. The van der Waals surface area contributed by atoms with Crippen molar-refractivity contribution < 1.29 is 9.84 Å². The number of phenolic OH excluding ortho intramolecular Hbond substituents is 1. The van der Waals surface area contributed by atoms with Gasteiger partial charge in [-0.3, -0.25) is 0 Å². The van der Waals surface area contributed by atoms with E-state index >= 15 is 0 Å². The topological polar surface area (TPSA) is 29.5 Å². The Kier molecular flexibility index (Phi) is 3.76. The third-order valence-electron chi connectivity index (χ3n) is 5.47. The van der Waals surface area contributed by atoms with E-state index in [-0.39, 0.29) is 6.10 Å². The summed E-state index contributed by atoms with van der Waals surface area (Å²) in [7, 11) is 0. The van der Waals surface area contributed by atoms with Gasteiger partial charge in [0.25, 0.3) is 0 Å². The summed E-state index contributed by atoms with van der Waals surface area (Å²) in [5.41, 5.74) is 3.67. The van der Waals surface area contributed by atoms with E-state index in [0.717, 1.165) is 37.0 Å². The number of rotatable bonds is 3. The molecule has 1 N–H and O–H groups in total. The lowest BCUT2D eigenvalue weighted by Gasteiger charge is -2.31.